The van der Waals surface area contributed by atoms with Crippen LogP contribution in [0.25, 0.3) is 0 Å². The molecule has 0 aromatic heterocycles. The first-order chi connectivity index (χ1) is 8.70. The van der Waals surface area contributed by atoms with Gasteiger partial charge in [-0.3, -0.25) is 11.3 Å². The number of halogens is 2. The summed E-state index contributed by atoms with van der Waals surface area (Å²) in [7, 11) is 0. The van der Waals surface area contributed by atoms with Crippen molar-refractivity contribution < 1.29 is 9.13 Å². The van der Waals surface area contributed by atoms with Gasteiger partial charge in [0.05, 0.1) is 11.1 Å². The van der Waals surface area contributed by atoms with Crippen molar-refractivity contribution >= 4 is 11.6 Å². The van der Waals surface area contributed by atoms with Crippen molar-refractivity contribution in [3.05, 3.63) is 34.6 Å². The highest BCUT2D eigenvalue weighted by atomic mass is 35.5. The van der Waals surface area contributed by atoms with E-state index in [0.29, 0.717) is 12.0 Å². The number of benzene rings is 1. The lowest BCUT2D eigenvalue weighted by Gasteiger charge is -2.20. The number of ether oxygens (including phenoxy) is 1. The van der Waals surface area contributed by atoms with E-state index in [9.17, 15) is 4.39 Å². The smallest absolute Gasteiger partial charge is 0.145 e. The highest BCUT2D eigenvalue weighted by molar-refractivity contribution is 6.30. The highest BCUT2D eigenvalue weighted by Gasteiger charge is 2.21. The molecule has 0 radical (unpaired) electrons. The molecule has 100 valence electrons. The molecule has 1 aromatic rings. The largest absolute Gasteiger partial charge is 0.378 e. The van der Waals surface area contributed by atoms with Crippen LogP contribution in [-0.4, -0.2) is 18.8 Å². The summed E-state index contributed by atoms with van der Waals surface area (Å²) in [4.78, 5) is 0. The first kappa shape index (κ1) is 13.7. The van der Waals surface area contributed by atoms with Crippen LogP contribution in [0, 0.1) is 5.82 Å². The van der Waals surface area contributed by atoms with E-state index in [1.807, 2.05) is 0 Å². The molecule has 1 aromatic carbocycles. The van der Waals surface area contributed by atoms with E-state index in [2.05, 4.69) is 5.43 Å². The third-order valence-corrected chi connectivity index (χ3v) is 3.60. The summed E-state index contributed by atoms with van der Waals surface area (Å²) in [6, 6.07) is 5.04. The zero-order valence-corrected chi connectivity index (χ0v) is 10.9. The summed E-state index contributed by atoms with van der Waals surface area (Å²) in [6.07, 6.45) is 3.68. The minimum absolute atomic E-state index is 0.000988. The fourth-order valence-corrected chi connectivity index (χ4v) is 2.52. The monoisotopic (exact) mass is 272 g/mol. The van der Waals surface area contributed by atoms with Crippen molar-refractivity contribution in [2.24, 2.45) is 5.84 Å². The van der Waals surface area contributed by atoms with E-state index in [1.165, 1.54) is 0 Å². The molecule has 0 bridgehead atoms. The quantitative estimate of drug-likeness (QED) is 0.639. The molecule has 0 saturated carbocycles. The summed E-state index contributed by atoms with van der Waals surface area (Å²) < 4.78 is 19.3. The Labute approximate surface area is 111 Å². The van der Waals surface area contributed by atoms with E-state index in [-0.39, 0.29) is 23.0 Å². The molecule has 0 spiro atoms. The summed E-state index contributed by atoms with van der Waals surface area (Å²) in [5, 5.41) is 0.153. The van der Waals surface area contributed by atoms with Crippen molar-refractivity contribution in [1.82, 2.24) is 5.43 Å². The van der Waals surface area contributed by atoms with Crippen molar-refractivity contribution in [3.8, 4) is 0 Å². The normalized spacial score (nSPS) is 21.2. The van der Waals surface area contributed by atoms with Gasteiger partial charge >= 0.3 is 0 Å². The van der Waals surface area contributed by atoms with Gasteiger partial charge in [-0.15, -0.1) is 0 Å². The number of rotatable bonds is 5. The number of nitrogens with two attached hydrogens (primary N) is 1. The molecule has 1 heterocycles. The molecule has 1 aliphatic rings. The van der Waals surface area contributed by atoms with Gasteiger partial charge in [0.25, 0.3) is 0 Å². The lowest BCUT2D eigenvalue weighted by molar-refractivity contribution is 0.0945. The molecule has 2 rings (SSSR count). The molecule has 18 heavy (non-hydrogen) atoms. The summed E-state index contributed by atoms with van der Waals surface area (Å²) in [5.74, 6) is 5.17. The lowest BCUT2D eigenvalue weighted by atomic mass is 9.99. The molecule has 2 unspecified atom stereocenters. The Kier molecular flexibility index (Phi) is 4.95. The summed E-state index contributed by atoms with van der Waals surface area (Å²) in [5.41, 5.74) is 3.32. The molecule has 1 saturated heterocycles. The second-order valence-electron chi connectivity index (χ2n) is 4.65. The van der Waals surface area contributed by atoms with Gasteiger partial charge in [0.15, 0.2) is 0 Å². The molecule has 0 aliphatic carbocycles. The van der Waals surface area contributed by atoms with E-state index in [4.69, 9.17) is 22.2 Å². The number of nitrogens with one attached hydrogen (secondary N) is 1. The molecule has 2 atom stereocenters. The van der Waals surface area contributed by atoms with Crippen molar-refractivity contribution in [1.29, 1.82) is 0 Å². The van der Waals surface area contributed by atoms with Crippen LogP contribution in [0.5, 0.6) is 0 Å². The third kappa shape index (κ3) is 3.42. The van der Waals surface area contributed by atoms with Crippen LogP contribution < -0.4 is 11.3 Å². The highest BCUT2D eigenvalue weighted by Crippen LogP contribution is 2.22. The predicted octanol–water partition coefficient (Wildman–Crippen LogP) is 2.42. The van der Waals surface area contributed by atoms with E-state index >= 15 is 0 Å². The average Bonchev–Trinajstić information content (AvgIpc) is 2.86. The molecule has 5 heteroatoms. The Balaban J connectivity index is 1.98. The number of hydrazine groups is 1. The molecule has 1 aliphatic heterocycles. The Bertz CT molecular complexity index is 397. The van der Waals surface area contributed by atoms with Crippen LogP contribution >= 0.6 is 11.6 Å². The van der Waals surface area contributed by atoms with Crippen LogP contribution in [0.4, 0.5) is 4.39 Å². The average molecular weight is 273 g/mol. The van der Waals surface area contributed by atoms with Gasteiger partial charge in [0.2, 0.25) is 0 Å². The third-order valence-electron chi connectivity index (χ3n) is 3.30. The Morgan fingerprint density at radius 2 is 2.39 bits per heavy atom. The zero-order chi connectivity index (χ0) is 13.0. The van der Waals surface area contributed by atoms with Gasteiger partial charge < -0.3 is 4.74 Å². The Morgan fingerprint density at radius 3 is 3.06 bits per heavy atom. The van der Waals surface area contributed by atoms with Gasteiger partial charge in [-0.05, 0) is 37.3 Å². The maximum absolute atomic E-state index is 13.8. The Morgan fingerprint density at radius 1 is 1.56 bits per heavy atom. The van der Waals surface area contributed by atoms with Crippen molar-refractivity contribution in [3.63, 3.8) is 0 Å². The number of hydrogen-bond donors (Lipinski definition) is 2. The first-order valence-electron chi connectivity index (χ1n) is 6.21. The van der Waals surface area contributed by atoms with E-state index in [0.717, 1.165) is 25.9 Å². The minimum Gasteiger partial charge on any atom is -0.378 e. The molecule has 3 nitrogen and oxygen atoms in total. The fourth-order valence-electron chi connectivity index (χ4n) is 2.33. The SMILES string of the molecule is NNC(Cc1cccc(Cl)c1F)CC1CCCO1. The van der Waals surface area contributed by atoms with Crippen LogP contribution in [0.2, 0.25) is 5.02 Å². The van der Waals surface area contributed by atoms with Gasteiger partial charge in [-0.2, -0.15) is 0 Å². The lowest BCUT2D eigenvalue weighted by Crippen LogP contribution is -2.39. The molecule has 1 fully saturated rings. The molecule has 0 amide bonds. The van der Waals surface area contributed by atoms with Gasteiger partial charge in [-0.25, -0.2) is 4.39 Å². The zero-order valence-electron chi connectivity index (χ0n) is 10.2. The predicted molar refractivity (Wildman–Crippen MR) is 69.8 cm³/mol. The maximum atomic E-state index is 13.8. The second kappa shape index (κ2) is 6.48. The van der Waals surface area contributed by atoms with E-state index in [1.54, 1.807) is 18.2 Å². The topological polar surface area (TPSA) is 47.3 Å². The van der Waals surface area contributed by atoms with Crippen molar-refractivity contribution in [2.75, 3.05) is 6.61 Å². The van der Waals surface area contributed by atoms with Crippen LogP contribution in [0.15, 0.2) is 18.2 Å². The maximum Gasteiger partial charge on any atom is 0.145 e. The molecular formula is C13H18ClFN2O. The van der Waals surface area contributed by atoms with Crippen LogP contribution in [0.3, 0.4) is 0 Å². The van der Waals surface area contributed by atoms with Crippen LogP contribution in [-0.2, 0) is 11.2 Å². The number of hydrogen-bond acceptors (Lipinski definition) is 3. The van der Waals surface area contributed by atoms with Crippen LogP contribution in [0.1, 0.15) is 24.8 Å². The first-order valence-corrected chi connectivity index (χ1v) is 6.59. The van der Waals surface area contributed by atoms with Crippen molar-refractivity contribution in [2.45, 2.75) is 37.8 Å². The second-order valence-corrected chi connectivity index (χ2v) is 5.06. The van der Waals surface area contributed by atoms with Gasteiger partial charge in [0, 0.05) is 12.6 Å². The Hall–Kier alpha value is -0.680. The summed E-state index contributed by atoms with van der Waals surface area (Å²) in [6.45, 7) is 0.813. The standard InChI is InChI=1S/C13H18ClFN2O/c14-12-5-1-3-9(13(12)15)7-10(17-16)8-11-4-2-6-18-11/h1,3,5,10-11,17H,2,4,6-8,16H2. The minimum atomic E-state index is -0.355. The molecular weight excluding hydrogens is 255 g/mol. The van der Waals surface area contributed by atoms with Gasteiger partial charge in [0.1, 0.15) is 5.82 Å². The molecule has 3 N–H and O–H groups in total. The van der Waals surface area contributed by atoms with E-state index < -0.39 is 0 Å². The van der Waals surface area contributed by atoms with Gasteiger partial charge in [-0.1, -0.05) is 23.7 Å². The fraction of sp³-hybridized carbons (Fsp3) is 0.538. The summed E-state index contributed by atoms with van der Waals surface area (Å²) >= 11 is 5.76.